The van der Waals surface area contributed by atoms with Gasteiger partial charge in [-0.25, -0.2) is 0 Å². The maximum atomic E-state index is 13.3. The maximum Gasteiger partial charge on any atom is 0.259 e. The van der Waals surface area contributed by atoms with Gasteiger partial charge in [-0.2, -0.15) is 0 Å². The molecule has 2 saturated heterocycles. The molecule has 4 aliphatic rings. The Morgan fingerprint density at radius 1 is 1.08 bits per heavy atom. The van der Waals surface area contributed by atoms with E-state index in [2.05, 4.69) is 22.9 Å². The minimum Gasteiger partial charge on any atom is -0.349 e. The zero-order valence-corrected chi connectivity index (χ0v) is 23.0. The lowest BCUT2D eigenvalue weighted by molar-refractivity contribution is -0.132. The van der Waals surface area contributed by atoms with Crippen molar-refractivity contribution in [1.29, 1.82) is 0 Å². The molecule has 36 heavy (non-hydrogen) atoms. The summed E-state index contributed by atoms with van der Waals surface area (Å²) < 4.78 is 0. The molecular weight excluding hydrogens is 472 g/mol. The van der Waals surface area contributed by atoms with Crippen LogP contribution in [0.25, 0.3) is 0 Å². The molecule has 198 valence electrons. The van der Waals surface area contributed by atoms with Crippen LogP contribution in [0.4, 0.5) is 0 Å². The van der Waals surface area contributed by atoms with Gasteiger partial charge in [-0.15, -0.1) is 11.8 Å². The van der Waals surface area contributed by atoms with Crippen LogP contribution in [0, 0.1) is 11.8 Å². The van der Waals surface area contributed by atoms with E-state index in [1.807, 2.05) is 50.0 Å². The Bertz CT molecular complexity index is 946. The normalized spacial score (nSPS) is 25.2. The highest BCUT2D eigenvalue weighted by atomic mass is 32.2. The smallest absolute Gasteiger partial charge is 0.259 e. The molecule has 0 bridgehead atoms. The lowest BCUT2D eigenvalue weighted by atomic mass is 9.98. The van der Waals surface area contributed by atoms with E-state index >= 15 is 0 Å². The first-order chi connectivity index (χ1) is 17.4. The van der Waals surface area contributed by atoms with Gasteiger partial charge in [-0.05, 0) is 68.9 Å². The lowest BCUT2D eigenvalue weighted by Gasteiger charge is -2.32. The molecule has 0 spiro atoms. The summed E-state index contributed by atoms with van der Waals surface area (Å²) in [4.78, 5) is 41.4. The van der Waals surface area contributed by atoms with Crippen LogP contribution in [0.1, 0.15) is 66.2 Å². The second-order valence-corrected chi connectivity index (χ2v) is 10.9. The minimum atomic E-state index is -0.238. The van der Waals surface area contributed by atoms with Crippen LogP contribution in [0.3, 0.4) is 0 Å². The van der Waals surface area contributed by atoms with Crippen molar-refractivity contribution in [3.8, 4) is 0 Å². The van der Waals surface area contributed by atoms with E-state index < -0.39 is 0 Å². The molecule has 7 nitrogen and oxygen atoms in total. The van der Waals surface area contributed by atoms with Crippen molar-refractivity contribution >= 4 is 29.5 Å². The molecule has 0 saturated carbocycles. The van der Waals surface area contributed by atoms with E-state index in [9.17, 15) is 14.4 Å². The standard InChI is InChI=1S/C26H36N4O3S.C2H6/c1-17-5-7-19(15-21(14-17)30-16-18(2)6-8-23(30)31)25(32)29-22-4-3-13-34-24(22)26(33)28-20-9-11-27-12-10-20;1-2/h5,7,14-15,17-18,20,27H,3-4,6,8-13,16H2,1-2H3,(H,28,33)(H,29,32);1-2H3. The lowest BCUT2D eigenvalue weighted by Crippen LogP contribution is -2.43. The van der Waals surface area contributed by atoms with Crippen molar-refractivity contribution in [3.63, 3.8) is 0 Å². The third kappa shape index (κ3) is 7.59. The number of nitrogens with zero attached hydrogens (tertiary/aromatic N) is 1. The zero-order chi connectivity index (χ0) is 26.1. The number of carbonyl (C=O) groups excluding carboxylic acids is 3. The number of piperidine rings is 2. The van der Waals surface area contributed by atoms with Gasteiger partial charge in [0.05, 0.1) is 4.91 Å². The van der Waals surface area contributed by atoms with E-state index in [1.54, 1.807) is 0 Å². The van der Waals surface area contributed by atoms with Crippen molar-refractivity contribution in [2.24, 2.45) is 11.8 Å². The SMILES string of the molecule is CC.CC1C=CC(C(=O)NC2=C(C(=O)NC3CCNCC3)SCCC2)=CC(N2CC(C)CCC2=O)=C1. The first-order valence-electron chi connectivity index (χ1n) is 13.5. The molecule has 1 aliphatic carbocycles. The summed E-state index contributed by atoms with van der Waals surface area (Å²) >= 11 is 1.52. The minimum absolute atomic E-state index is 0.0839. The van der Waals surface area contributed by atoms with Gasteiger partial charge in [-0.1, -0.05) is 45.9 Å². The number of rotatable bonds is 5. The fourth-order valence-electron chi connectivity index (χ4n) is 4.78. The van der Waals surface area contributed by atoms with Crippen molar-refractivity contribution in [3.05, 3.63) is 46.2 Å². The number of thioether (sulfide) groups is 1. The van der Waals surface area contributed by atoms with Gasteiger partial charge < -0.3 is 20.9 Å². The Morgan fingerprint density at radius 3 is 2.58 bits per heavy atom. The summed E-state index contributed by atoms with van der Waals surface area (Å²) in [7, 11) is 0. The molecule has 8 heteroatoms. The Hall–Kier alpha value is -2.32. The van der Waals surface area contributed by atoms with Crippen LogP contribution < -0.4 is 16.0 Å². The third-order valence-corrected chi connectivity index (χ3v) is 7.99. The van der Waals surface area contributed by atoms with Crippen molar-refractivity contribution in [2.75, 3.05) is 25.4 Å². The van der Waals surface area contributed by atoms with Gasteiger partial charge in [-0.3, -0.25) is 14.4 Å². The van der Waals surface area contributed by atoms with Crippen LogP contribution in [0.2, 0.25) is 0 Å². The molecule has 0 aromatic rings. The van der Waals surface area contributed by atoms with E-state index in [0.29, 0.717) is 41.5 Å². The topological polar surface area (TPSA) is 90.5 Å². The van der Waals surface area contributed by atoms with Crippen molar-refractivity contribution < 1.29 is 14.4 Å². The van der Waals surface area contributed by atoms with Gasteiger partial charge in [0.15, 0.2) is 0 Å². The highest BCUT2D eigenvalue weighted by Crippen LogP contribution is 2.30. The average Bonchev–Trinajstić information content (AvgIpc) is 3.09. The molecule has 0 aromatic carbocycles. The Balaban J connectivity index is 0.00000176. The summed E-state index contributed by atoms with van der Waals surface area (Å²) in [5.41, 5.74) is 1.99. The first-order valence-corrected chi connectivity index (χ1v) is 14.5. The van der Waals surface area contributed by atoms with Crippen LogP contribution in [0.15, 0.2) is 46.2 Å². The average molecular weight is 515 g/mol. The third-order valence-electron chi connectivity index (χ3n) is 6.77. The monoisotopic (exact) mass is 514 g/mol. The van der Waals surface area contributed by atoms with E-state index in [0.717, 1.165) is 50.2 Å². The second-order valence-electron chi connectivity index (χ2n) is 9.77. The number of allylic oxidation sites excluding steroid dienone is 4. The molecule has 3 heterocycles. The highest BCUT2D eigenvalue weighted by Gasteiger charge is 2.28. The number of likely N-dealkylation sites (tertiary alicyclic amines) is 1. The van der Waals surface area contributed by atoms with Gasteiger partial charge in [0.2, 0.25) is 5.91 Å². The van der Waals surface area contributed by atoms with Crippen molar-refractivity contribution in [2.45, 2.75) is 72.3 Å². The molecule has 2 atom stereocenters. The first kappa shape index (κ1) is 28.3. The number of hydrogen-bond acceptors (Lipinski definition) is 5. The zero-order valence-electron chi connectivity index (χ0n) is 22.2. The number of nitrogens with one attached hydrogen (secondary N) is 3. The van der Waals surface area contributed by atoms with Gasteiger partial charge in [0, 0.05) is 36.0 Å². The number of hydrogen-bond donors (Lipinski definition) is 3. The molecule has 3 amide bonds. The van der Waals surface area contributed by atoms with Crippen LogP contribution in [0.5, 0.6) is 0 Å². The molecular formula is C28H42N4O3S. The Morgan fingerprint density at radius 2 is 1.83 bits per heavy atom. The summed E-state index contributed by atoms with van der Waals surface area (Å²) in [6.45, 7) is 10.7. The summed E-state index contributed by atoms with van der Waals surface area (Å²) in [6, 6.07) is 0.173. The summed E-state index contributed by atoms with van der Waals surface area (Å²) in [5.74, 6) is 1.20. The predicted octanol–water partition coefficient (Wildman–Crippen LogP) is 4.01. The second kappa shape index (κ2) is 13.8. The molecule has 2 unspecified atom stereocenters. The largest absolute Gasteiger partial charge is 0.349 e. The summed E-state index contributed by atoms with van der Waals surface area (Å²) in [6.07, 6.45) is 12.5. The fraction of sp³-hybridized carbons (Fsp3) is 0.607. The Kier molecular flexibility index (Phi) is 10.9. The highest BCUT2D eigenvalue weighted by molar-refractivity contribution is 8.04. The summed E-state index contributed by atoms with van der Waals surface area (Å²) in [5, 5.41) is 9.51. The fourth-order valence-corrected chi connectivity index (χ4v) is 5.79. The quantitative estimate of drug-likeness (QED) is 0.516. The molecule has 3 aliphatic heterocycles. The predicted molar refractivity (Wildman–Crippen MR) is 147 cm³/mol. The van der Waals surface area contributed by atoms with Gasteiger partial charge >= 0.3 is 0 Å². The maximum absolute atomic E-state index is 13.3. The Labute approximate surface area is 220 Å². The molecule has 0 radical (unpaired) electrons. The van der Waals surface area contributed by atoms with E-state index in [4.69, 9.17) is 0 Å². The number of carbonyl (C=O) groups is 3. The van der Waals surface area contributed by atoms with Crippen molar-refractivity contribution in [1.82, 2.24) is 20.9 Å². The molecule has 2 fully saturated rings. The van der Waals surface area contributed by atoms with Crippen LogP contribution in [-0.4, -0.2) is 54.1 Å². The molecule has 0 aromatic heterocycles. The van der Waals surface area contributed by atoms with Crippen LogP contribution >= 0.6 is 11.8 Å². The van der Waals surface area contributed by atoms with Crippen LogP contribution in [-0.2, 0) is 14.4 Å². The van der Waals surface area contributed by atoms with E-state index in [-0.39, 0.29) is 29.7 Å². The van der Waals surface area contributed by atoms with Gasteiger partial charge in [0.1, 0.15) is 0 Å². The van der Waals surface area contributed by atoms with E-state index in [1.165, 1.54) is 11.8 Å². The number of amides is 3. The molecule has 4 rings (SSSR count). The van der Waals surface area contributed by atoms with Gasteiger partial charge in [0.25, 0.3) is 11.8 Å². The molecule has 3 N–H and O–H groups in total.